The molecule has 0 aromatic heterocycles. The fourth-order valence-electron chi connectivity index (χ4n) is 2.96. The van der Waals surface area contributed by atoms with Gasteiger partial charge >= 0.3 is 0 Å². The van der Waals surface area contributed by atoms with Gasteiger partial charge in [-0.25, -0.2) is 4.39 Å². The highest BCUT2D eigenvalue weighted by Crippen LogP contribution is 2.23. The van der Waals surface area contributed by atoms with Crippen LogP contribution in [0.2, 0.25) is 0 Å². The number of hydrogen-bond donors (Lipinski definition) is 0. The van der Waals surface area contributed by atoms with E-state index < -0.39 is 0 Å². The number of hydrogen-bond acceptors (Lipinski definition) is 1. The maximum atomic E-state index is 13.0. The first kappa shape index (κ1) is 13.8. The van der Waals surface area contributed by atoms with Gasteiger partial charge in [0.1, 0.15) is 5.82 Å². The molecule has 1 heterocycles. The molecule has 2 aromatic rings. The predicted molar refractivity (Wildman–Crippen MR) is 80.6 cm³/mol. The van der Waals surface area contributed by atoms with Gasteiger partial charge in [0, 0.05) is 18.2 Å². The molecule has 0 saturated carbocycles. The summed E-state index contributed by atoms with van der Waals surface area (Å²) in [5.74, 6) is -0.303. The summed E-state index contributed by atoms with van der Waals surface area (Å²) < 4.78 is 13.0. The molecule has 1 atom stereocenters. The van der Waals surface area contributed by atoms with Gasteiger partial charge in [0.05, 0.1) is 0 Å². The van der Waals surface area contributed by atoms with E-state index in [9.17, 15) is 9.18 Å². The highest BCUT2D eigenvalue weighted by molar-refractivity contribution is 5.94. The van der Waals surface area contributed by atoms with Gasteiger partial charge in [-0.2, -0.15) is 0 Å². The van der Waals surface area contributed by atoms with E-state index in [2.05, 4.69) is 12.1 Å². The second-order valence-electron chi connectivity index (χ2n) is 5.49. The van der Waals surface area contributed by atoms with Gasteiger partial charge in [-0.1, -0.05) is 30.3 Å². The highest BCUT2D eigenvalue weighted by Gasteiger charge is 2.29. The second-order valence-corrected chi connectivity index (χ2v) is 5.49. The molecule has 1 aliphatic heterocycles. The fourth-order valence-corrected chi connectivity index (χ4v) is 2.96. The minimum Gasteiger partial charge on any atom is -0.335 e. The lowest BCUT2D eigenvalue weighted by Gasteiger charge is -2.25. The standard InChI is InChI=1S/C18H18FNO/c19-16-10-8-15(9-11-16)18(21)20-12-4-7-17(20)13-14-5-2-1-3-6-14/h1-3,5-6,8-11,17H,4,7,12-13H2. The third-order valence-electron chi connectivity index (χ3n) is 4.04. The first-order valence-electron chi connectivity index (χ1n) is 7.34. The monoisotopic (exact) mass is 283 g/mol. The summed E-state index contributed by atoms with van der Waals surface area (Å²) in [6.45, 7) is 0.785. The Kier molecular flexibility index (Phi) is 4.00. The largest absolute Gasteiger partial charge is 0.335 e. The Balaban J connectivity index is 1.74. The lowest BCUT2D eigenvalue weighted by atomic mass is 10.0. The van der Waals surface area contributed by atoms with E-state index >= 15 is 0 Å². The molecule has 0 N–H and O–H groups in total. The molecule has 2 aromatic carbocycles. The van der Waals surface area contributed by atoms with Crippen LogP contribution in [-0.2, 0) is 6.42 Å². The van der Waals surface area contributed by atoms with Crippen molar-refractivity contribution in [2.75, 3.05) is 6.54 Å². The minimum atomic E-state index is -0.311. The number of rotatable bonds is 3. The molecule has 3 heteroatoms. The number of halogens is 1. The van der Waals surface area contributed by atoms with Crippen LogP contribution in [0.5, 0.6) is 0 Å². The third-order valence-corrected chi connectivity index (χ3v) is 4.04. The van der Waals surface area contributed by atoms with Crippen LogP contribution in [0.1, 0.15) is 28.8 Å². The molecule has 21 heavy (non-hydrogen) atoms. The molecule has 1 aliphatic rings. The molecule has 0 spiro atoms. The van der Waals surface area contributed by atoms with Crippen molar-refractivity contribution in [2.24, 2.45) is 0 Å². The Labute approximate surface area is 124 Å². The van der Waals surface area contributed by atoms with E-state index in [1.165, 1.54) is 17.7 Å². The first-order chi connectivity index (χ1) is 10.2. The summed E-state index contributed by atoms with van der Waals surface area (Å²) >= 11 is 0. The summed E-state index contributed by atoms with van der Waals surface area (Å²) in [5, 5.41) is 0. The van der Waals surface area contributed by atoms with Gasteiger partial charge in [-0.3, -0.25) is 4.79 Å². The van der Waals surface area contributed by atoms with E-state index in [4.69, 9.17) is 0 Å². The number of nitrogens with zero attached hydrogens (tertiary/aromatic N) is 1. The van der Waals surface area contributed by atoms with Crippen LogP contribution >= 0.6 is 0 Å². The molecule has 1 saturated heterocycles. The zero-order valence-electron chi connectivity index (χ0n) is 11.8. The summed E-state index contributed by atoms with van der Waals surface area (Å²) in [6, 6.07) is 16.3. The van der Waals surface area contributed by atoms with Crippen LogP contribution in [0, 0.1) is 5.82 Å². The number of carbonyl (C=O) groups excluding carboxylic acids is 1. The molecule has 0 radical (unpaired) electrons. The number of carbonyl (C=O) groups is 1. The molecule has 1 amide bonds. The van der Waals surface area contributed by atoms with E-state index in [1.807, 2.05) is 23.1 Å². The van der Waals surface area contributed by atoms with E-state index in [0.717, 1.165) is 25.8 Å². The van der Waals surface area contributed by atoms with Gasteiger partial charge in [-0.15, -0.1) is 0 Å². The Morgan fingerprint density at radius 2 is 1.81 bits per heavy atom. The van der Waals surface area contributed by atoms with Gasteiger partial charge in [-0.05, 0) is 49.1 Å². The summed E-state index contributed by atoms with van der Waals surface area (Å²) in [7, 11) is 0. The van der Waals surface area contributed by atoms with Crippen LogP contribution in [0.4, 0.5) is 4.39 Å². The zero-order valence-corrected chi connectivity index (χ0v) is 11.8. The highest BCUT2D eigenvalue weighted by atomic mass is 19.1. The maximum Gasteiger partial charge on any atom is 0.254 e. The normalized spacial score (nSPS) is 18.0. The van der Waals surface area contributed by atoms with Gasteiger partial charge in [0.25, 0.3) is 5.91 Å². The smallest absolute Gasteiger partial charge is 0.254 e. The van der Waals surface area contributed by atoms with Gasteiger partial charge in [0.2, 0.25) is 0 Å². The summed E-state index contributed by atoms with van der Waals surface area (Å²) in [5.41, 5.74) is 1.82. The van der Waals surface area contributed by atoms with E-state index in [-0.39, 0.29) is 17.8 Å². The topological polar surface area (TPSA) is 20.3 Å². The van der Waals surface area contributed by atoms with E-state index in [0.29, 0.717) is 5.56 Å². The van der Waals surface area contributed by atoms with Crippen molar-refractivity contribution < 1.29 is 9.18 Å². The summed E-state index contributed by atoms with van der Waals surface area (Å²) in [6.07, 6.45) is 2.94. The number of benzene rings is 2. The quantitative estimate of drug-likeness (QED) is 0.841. The lowest BCUT2D eigenvalue weighted by Crippen LogP contribution is -2.36. The molecule has 1 fully saturated rings. The van der Waals surface area contributed by atoms with Crippen molar-refractivity contribution >= 4 is 5.91 Å². The van der Waals surface area contributed by atoms with Crippen molar-refractivity contribution in [1.29, 1.82) is 0 Å². The molecule has 2 nitrogen and oxygen atoms in total. The number of likely N-dealkylation sites (tertiary alicyclic amines) is 1. The first-order valence-corrected chi connectivity index (χ1v) is 7.34. The average molecular weight is 283 g/mol. The second kappa shape index (κ2) is 6.08. The van der Waals surface area contributed by atoms with Crippen LogP contribution in [0.15, 0.2) is 54.6 Å². The molecular formula is C18H18FNO. The Morgan fingerprint density at radius 3 is 2.52 bits per heavy atom. The molecular weight excluding hydrogens is 265 g/mol. The fraction of sp³-hybridized carbons (Fsp3) is 0.278. The Bertz CT molecular complexity index is 609. The van der Waals surface area contributed by atoms with Crippen molar-refractivity contribution in [2.45, 2.75) is 25.3 Å². The van der Waals surface area contributed by atoms with Crippen LogP contribution < -0.4 is 0 Å². The lowest BCUT2D eigenvalue weighted by molar-refractivity contribution is 0.0736. The van der Waals surface area contributed by atoms with Crippen molar-refractivity contribution in [1.82, 2.24) is 4.90 Å². The van der Waals surface area contributed by atoms with Crippen LogP contribution in [0.3, 0.4) is 0 Å². The molecule has 3 rings (SSSR count). The Morgan fingerprint density at radius 1 is 1.10 bits per heavy atom. The predicted octanol–water partition coefficient (Wildman–Crippen LogP) is 3.67. The van der Waals surface area contributed by atoms with Crippen molar-refractivity contribution in [3.05, 3.63) is 71.5 Å². The molecule has 108 valence electrons. The Hall–Kier alpha value is -2.16. The van der Waals surface area contributed by atoms with Crippen molar-refractivity contribution in [3.63, 3.8) is 0 Å². The average Bonchev–Trinajstić information content (AvgIpc) is 2.96. The maximum absolute atomic E-state index is 13.0. The SMILES string of the molecule is O=C(c1ccc(F)cc1)N1CCCC1Cc1ccccc1. The minimum absolute atomic E-state index is 0.00781. The zero-order chi connectivity index (χ0) is 14.7. The number of amides is 1. The molecule has 0 bridgehead atoms. The van der Waals surface area contributed by atoms with Gasteiger partial charge in [0.15, 0.2) is 0 Å². The molecule has 0 aliphatic carbocycles. The third kappa shape index (κ3) is 3.13. The van der Waals surface area contributed by atoms with Gasteiger partial charge < -0.3 is 4.90 Å². The van der Waals surface area contributed by atoms with E-state index in [1.54, 1.807) is 12.1 Å². The van der Waals surface area contributed by atoms with Crippen LogP contribution in [0.25, 0.3) is 0 Å². The molecule has 1 unspecified atom stereocenters. The van der Waals surface area contributed by atoms with Crippen molar-refractivity contribution in [3.8, 4) is 0 Å². The summed E-state index contributed by atoms with van der Waals surface area (Å²) in [4.78, 5) is 14.5. The van der Waals surface area contributed by atoms with Crippen LogP contribution in [-0.4, -0.2) is 23.4 Å².